The third kappa shape index (κ3) is 5.07. The van der Waals surface area contributed by atoms with Crippen molar-refractivity contribution in [2.24, 2.45) is 5.73 Å². The maximum Gasteiger partial charge on any atom is 0.260 e. The molecule has 0 saturated carbocycles. The minimum absolute atomic E-state index is 0.104. The van der Waals surface area contributed by atoms with Crippen molar-refractivity contribution in [3.05, 3.63) is 71.9 Å². The molecule has 0 radical (unpaired) electrons. The van der Waals surface area contributed by atoms with Crippen molar-refractivity contribution in [2.75, 3.05) is 33.3 Å². The molecular formula is C25H30N4O3. The molecule has 0 aliphatic carbocycles. The molecule has 4 rings (SSSR count). The normalized spacial score (nSPS) is 17.4. The van der Waals surface area contributed by atoms with E-state index in [0.29, 0.717) is 25.5 Å². The predicted octanol–water partition coefficient (Wildman–Crippen LogP) is 2.34. The van der Waals surface area contributed by atoms with Crippen molar-refractivity contribution in [3.63, 3.8) is 0 Å². The summed E-state index contributed by atoms with van der Waals surface area (Å²) in [6.07, 6.45) is 2.14. The summed E-state index contributed by atoms with van der Waals surface area (Å²) in [6, 6.07) is 17.6. The van der Waals surface area contributed by atoms with E-state index in [9.17, 15) is 9.90 Å². The molecule has 32 heavy (non-hydrogen) atoms. The third-order valence-electron chi connectivity index (χ3n) is 6.08. The molecule has 1 aliphatic rings. The second kappa shape index (κ2) is 10.1. The van der Waals surface area contributed by atoms with Gasteiger partial charge in [-0.1, -0.05) is 36.4 Å². The van der Waals surface area contributed by atoms with Crippen LogP contribution in [0.1, 0.15) is 23.6 Å². The standard InChI is InChI=1S/C25H30N4O3/c1-28(23(19-5-3-2-4-6-19)16-29-12-10-21(30)15-29)24(31)17-32-25-22-8-7-18(14-26)13-20(22)9-11-27-25/h2-9,11,13,21,23,30H,10,12,14-17,26H2,1H3/t21-,23?/m0/s1. The first-order chi connectivity index (χ1) is 15.5. The van der Waals surface area contributed by atoms with Crippen LogP contribution in [-0.4, -0.2) is 65.2 Å². The smallest absolute Gasteiger partial charge is 0.260 e. The average molecular weight is 435 g/mol. The Bertz CT molecular complexity index is 1060. The first-order valence-corrected chi connectivity index (χ1v) is 11.0. The number of hydrogen-bond donors (Lipinski definition) is 2. The van der Waals surface area contributed by atoms with E-state index in [1.165, 1.54) is 0 Å². The van der Waals surface area contributed by atoms with E-state index in [0.717, 1.165) is 34.9 Å². The first-order valence-electron chi connectivity index (χ1n) is 11.0. The van der Waals surface area contributed by atoms with Gasteiger partial charge in [-0.2, -0.15) is 0 Å². The summed E-state index contributed by atoms with van der Waals surface area (Å²) in [5.74, 6) is 0.308. The van der Waals surface area contributed by atoms with Gasteiger partial charge in [0.15, 0.2) is 6.61 Å². The maximum atomic E-state index is 13.1. The van der Waals surface area contributed by atoms with E-state index < -0.39 is 0 Å². The molecule has 1 amide bonds. The molecule has 2 heterocycles. The lowest BCUT2D eigenvalue weighted by atomic mass is 10.0. The lowest BCUT2D eigenvalue weighted by Crippen LogP contribution is -2.41. The van der Waals surface area contributed by atoms with Gasteiger partial charge in [0.2, 0.25) is 5.88 Å². The van der Waals surface area contributed by atoms with Crippen LogP contribution in [0.3, 0.4) is 0 Å². The van der Waals surface area contributed by atoms with Crippen LogP contribution in [0.4, 0.5) is 0 Å². The number of aromatic nitrogens is 1. The van der Waals surface area contributed by atoms with Crippen molar-refractivity contribution in [3.8, 4) is 5.88 Å². The fraction of sp³-hybridized carbons (Fsp3) is 0.360. The Morgan fingerprint density at radius 3 is 2.81 bits per heavy atom. The van der Waals surface area contributed by atoms with Crippen molar-refractivity contribution in [2.45, 2.75) is 25.1 Å². The van der Waals surface area contributed by atoms with Gasteiger partial charge in [0.1, 0.15) is 0 Å². The molecule has 1 saturated heterocycles. The Balaban J connectivity index is 1.48. The zero-order valence-electron chi connectivity index (χ0n) is 18.4. The first kappa shape index (κ1) is 22.2. The Labute approximate surface area is 188 Å². The number of fused-ring (bicyclic) bond motifs is 1. The third-order valence-corrected chi connectivity index (χ3v) is 6.08. The van der Waals surface area contributed by atoms with E-state index in [1.807, 2.05) is 54.6 Å². The van der Waals surface area contributed by atoms with Crippen molar-refractivity contribution >= 4 is 16.7 Å². The number of aliphatic hydroxyl groups excluding tert-OH is 1. The number of carbonyl (C=O) groups is 1. The van der Waals surface area contributed by atoms with Crippen LogP contribution >= 0.6 is 0 Å². The van der Waals surface area contributed by atoms with Gasteiger partial charge < -0.3 is 20.5 Å². The summed E-state index contributed by atoms with van der Waals surface area (Å²) in [5.41, 5.74) is 7.83. The number of amides is 1. The monoisotopic (exact) mass is 434 g/mol. The minimum Gasteiger partial charge on any atom is -0.467 e. The van der Waals surface area contributed by atoms with Crippen LogP contribution in [0.5, 0.6) is 5.88 Å². The molecule has 2 aromatic carbocycles. The lowest BCUT2D eigenvalue weighted by Gasteiger charge is -2.32. The molecule has 1 aliphatic heterocycles. The number of pyridine rings is 1. The fourth-order valence-electron chi connectivity index (χ4n) is 4.20. The lowest BCUT2D eigenvalue weighted by molar-refractivity contribution is -0.134. The number of benzene rings is 2. The quantitative estimate of drug-likeness (QED) is 0.565. The number of hydrogen-bond acceptors (Lipinski definition) is 6. The summed E-state index contributed by atoms with van der Waals surface area (Å²) < 4.78 is 5.86. The molecule has 3 aromatic rings. The van der Waals surface area contributed by atoms with E-state index in [1.54, 1.807) is 18.1 Å². The summed E-state index contributed by atoms with van der Waals surface area (Å²) >= 11 is 0. The summed E-state index contributed by atoms with van der Waals surface area (Å²) in [4.78, 5) is 21.4. The van der Waals surface area contributed by atoms with Crippen LogP contribution < -0.4 is 10.5 Å². The molecule has 7 heteroatoms. The van der Waals surface area contributed by atoms with Crippen LogP contribution in [0.25, 0.3) is 10.8 Å². The zero-order valence-corrected chi connectivity index (χ0v) is 18.4. The van der Waals surface area contributed by atoms with Crippen molar-refractivity contribution in [1.82, 2.24) is 14.8 Å². The number of aliphatic hydroxyl groups is 1. The SMILES string of the molecule is CN(C(=O)COc1nccc2cc(CN)ccc12)C(CN1CC[C@H](O)C1)c1ccccc1. The second-order valence-electron chi connectivity index (χ2n) is 8.30. The van der Waals surface area contributed by atoms with Gasteiger partial charge in [0.25, 0.3) is 5.91 Å². The van der Waals surface area contributed by atoms with E-state index in [4.69, 9.17) is 10.5 Å². The van der Waals surface area contributed by atoms with Crippen molar-refractivity contribution < 1.29 is 14.6 Å². The van der Waals surface area contributed by atoms with Gasteiger partial charge in [0.05, 0.1) is 12.1 Å². The van der Waals surface area contributed by atoms with E-state index in [2.05, 4.69) is 9.88 Å². The molecule has 1 aromatic heterocycles. The number of likely N-dealkylation sites (tertiary alicyclic amines) is 1. The van der Waals surface area contributed by atoms with Gasteiger partial charge in [-0.05, 0) is 41.1 Å². The van der Waals surface area contributed by atoms with E-state index in [-0.39, 0.29) is 24.7 Å². The minimum atomic E-state index is -0.298. The Morgan fingerprint density at radius 1 is 1.28 bits per heavy atom. The van der Waals surface area contributed by atoms with E-state index >= 15 is 0 Å². The highest BCUT2D eigenvalue weighted by molar-refractivity contribution is 5.87. The summed E-state index contributed by atoms with van der Waals surface area (Å²) in [6.45, 7) is 2.48. The highest BCUT2D eigenvalue weighted by atomic mass is 16.5. The topological polar surface area (TPSA) is 91.9 Å². The number of ether oxygens (including phenoxy) is 1. The molecule has 3 N–H and O–H groups in total. The maximum absolute atomic E-state index is 13.1. The number of nitrogens with two attached hydrogens (primary N) is 1. The van der Waals surface area contributed by atoms with Crippen LogP contribution in [0.15, 0.2) is 60.8 Å². The number of nitrogens with zero attached hydrogens (tertiary/aromatic N) is 3. The van der Waals surface area contributed by atoms with Crippen LogP contribution in [-0.2, 0) is 11.3 Å². The Kier molecular flexibility index (Phi) is 6.99. The Morgan fingerprint density at radius 2 is 2.09 bits per heavy atom. The Hall–Kier alpha value is -3.00. The highest BCUT2D eigenvalue weighted by Crippen LogP contribution is 2.26. The zero-order chi connectivity index (χ0) is 22.5. The second-order valence-corrected chi connectivity index (χ2v) is 8.30. The average Bonchev–Trinajstić information content (AvgIpc) is 3.25. The fourth-order valence-corrected chi connectivity index (χ4v) is 4.20. The van der Waals surface area contributed by atoms with Crippen molar-refractivity contribution in [1.29, 1.82) is 0 Å². The van der Waals surface area contributed by atoms with Gasteiger partial charge in [-0.3, -0.25) is 9.69 Å². The molecule has 168 valence electrons. The molecular weight excluding hydrogens is 404 g/mol. The molecule has 7 nitrogen and oxygen atoms in total. The van der Waals surface area contributed by atoms with Gasteiger partial charge in [-0.25, -0.2) is 4.98 Å². The van der Waals surface area contributed by atoms with Crippen LogP contribution in [0, 0.1) is 0 Å². The molecule has 1 fully saturated rings. The van der Waals surface area contributed by atoms with Gasteiger partial charge in [-0.15, -0.1) is 0 Å². The van der Waals surface area contributed by atoms with Crippen LogP contribution in [0.2, 0.25) is 0 Å². The molecule has 1 unspecified atom stereocenters. The predicted molar refractivity (Wildman–Crippen MR) is 124 cm³/mol. The number of rotatable bonds is 8. The highest BCUT2D eigenvalue weighted by Gasteiger charge is 2.28. The van der Waals surface area contributed by atoms with Gasteiger partial charge in [0, 0.05) is 44.8 Å². The summed E-state index contributed by atoms with van der Waals surface area (Å²) in [7, 11) is 1.81. The summed E-state index contributed by atoms with van der Waals surface area (Å²) in [5, 5.41) is 11.7. The molecule has 0 spiro atoms. The number of likely N-dealkylation sites (N-methyl/N-ethyl adjacent to an activating group) is 1. The molecule has 2 atom stereocenters. The number of β-amino-alcohol motifs (C(OH)–C–C–N with tert-alkyl or cyclic N) is 1. The van der Waals surface area contributed by atoms with Gasteiger partial charge >= 0.3 is 0 Å². The molecule has 0 bridgehead atoms. The number of carbonyl (C=O) groups excluding carboxylic acids is 1. The largest absolute Gasteiger partial charge is 0.467 e.